The van der Waals surface area contributed by atoms with Crippen LogP contribution in [0.2, 0.25) is 0 Å². The number of carbonyl (C=O) groups is 2. The third-order valence-electron chi connectivity index (χ3n) is 7.02. The van der Waals surface area contributed by atoms with E-state index in [0.717, 1.165) is 16.7 Å². The average molecular weight is 572 g/mol. The van der Waals surface area contributed by atoms with Crippen LogP contribution in [0.25, 0.3) is 22.4 Å². The molecule has 1 atom stereocenters. The Kier molecular flexibility index (Phi) is 7.88. The van der Waals surface area contributed by atoms with E-state index in [9.17, 15) is 22.8 Å². The number of nitrogens with zero attached hydrogens (tertiary/aromatic N) is 4. The fourth-order valence-corrected chi connectivity index (χ4v) is 4.62. The smallest absolute Gasteiger partial charge is 0.451 e. The van der Waals surface area contributed by atoms with Crippen LogP contribution in [0.1, 0.15) is 33.7 Å². The lowest BCUT2D eigenvalue weighted by Crippen LogP contribution is -2.57. The first kappa shape index (κ1) is 28.3. The molecule has 11 heteroatoms. The van der Waals surface area contributed by atoms with E-state index >= 15 is 0 Å². The van der Waals surface area contributed by atoms with Crippen molar-refractivity contribution in [2.75, 3.05) is 18.0 Å². The van der Waals surface area contributed by atoms with E-state index in [0.29, 0.717) is 37.1 Å². The topological polar surface area (TPSA) is 119 Å². The summed E-state index contributed by atoms with van der Waals surface area (Å²) in [6.45, 7) is 0.704. The maximum atomic E-state index is 13.8. The van der Waals surface area contributed by atoms with Crippen LogP contribution in [-0.4, -0.2) is 46.1 Å². The molecule has 0 unspecified atom stereocenters. The Morgan fingerprint density at radius 2 is 1.57 bits per heavy atom. The minimum atomic E-state index is -4.79. The van der Waals surface area contributed by atoms with E-state index in [1.165, 1.54) is 23.1 Å². The summed E-state index contributed by atoms with van der Waals surface area (Å²) in [5.41, 5.74) is 3.62. The van der Waals surface area contributed by atoms with E-state index in [-0.39, 0.29) is 23.0 Å². The molecule has 42 heavy (non-hydrogen) atoms. The van der Waals surface area contributed by atoms with E-state index in [1.54, 1.807) is 48.5 Å². The van der Waals surface area contributed by atoms with Crippen molar-refractivity contribution in [1.82, 2.24) is 15.3 Å². The van der Waals surface area contributed by atoms with Crippen LogP contribution in [0.15, 0.2) is 78.9 Å². The number of aromatic carboxylic acids is 1. The molecule has 1 aliphatic heterocycles. The highest BCUT2D eigenvalue weighted by molar-refractivity contribution is 5.88. The SMILES string of the molecule is N#Cc1ccc(CCNC(=O)[C@@H]2CCN2c2cc(-c3ccc(-c4ccc(C(=O)O)cc4)cc3)nc(C(F)(F)F)n2)cc1. The number of carboxylic acid groups (broad SMARTS) is 1. The number of halogens is 3. The zero-order valence-corrected chi connectivity index (χ0v) is 22.1. The van der Waals surface area contributed by atoms with Crippen molar-refractivity contribution in [3.8, 4) is 28.5 Å². The van der Waals surface area contributed by atoms with E-state index < -0.39 is 24.0 Å². The number of alkyl halides is 3. The molecular formula is C31H24F3N5O3. The molecule has 0 saturated carbocycles. The number of anilines is 1. The number of nitriles is 1. The van der Waals surface area contributed by atoms with Gasteiger partial charge in [-0.1, -0.05) is 48.5 Å². The number of hydrogen-bond acceptors (Lipinski definition) is 6. The summed E-state index contributed by atoms with van der Waals surface area (Å²) in [6.07, 6.45) is -3.78. The molecule has 0 radical (unpaired) electrons. The maximum Gasteiger partial charge on any atom is 0.451 e. The van der Waals surface area contributed by atoms with Crippen LogP contribution in [-0.2, 0) is 17.4 Å². The first-order chi connectivity index (χ1) is 20.1. The number of carboxylic acids is 1. The molecule has 2 N–H and O–H groups in total. The van der Waals surface area contributed by atoms with Crippen molar-refractivity contribution in [2.45, 2.75) is 25.1 Å². The van der Waals surface area contributed by atoms with Gasteiger partial charge in [0.2, 0.25) is 11.7 Å². The van der Waals surface area contributed by atoms with Crippen LogP contribution < -0.4 is 10.2 Å². The Bertz CT molecular complexity index is 1650. The summed E-state index contributed by atoms with van der Waals surface area (Å²) in [7, 11) is 0. The van der Waals surface area contributed by atoms with Gasteiger partial charge in [0.25, 0.3) is 0 Å². The second-order valence-corrected chi connectivity index (χ2v) is 9.74. The van der Waals surface area contributed by atoms with Gasteiger partial charge < -0.3 is 15.3 Å². The summed E-state index contributed by atoms with van der Waals surface area (Å²) in [4.78, 5) is 33.0. The molecule has 0 bridgehead atoms. The van der Waals surface area contributed by atoms with Gasteiger partial charge in [0.1, 0.15) is 11.9 Å². The first-order valence-corrected chi connectivity index (χ1v) is 13.1. The van der Waals surface area contributed by atoms with E-state index in [2.05, 4.69) is 15.3 Å². The molecule has 0 aliphatic carbocycles. The maximum absolute atomic E-state index is 13.8. The molecule has 4 aromatic rings. The Morgan fingerprint density at radius 1 is 0.952 bits per heavy atom. The summed E-state index contributed by atoms with van der Waals surface area (Å²) in [5, 5.41) is 20.8. The van der Waals surface area contributed by atoms with Crippen molar-refractivity contribution < 1.29 is 27.9 Å². The van der Waals surface area contributed by atoms with Crippen LogP contribution in [0.3, 0.4) is 0 Å². The minimum absolute atomic E-state index is 0.0131. The third-order valence-corrected chi connectivity index (χ3v) is 7.02. The summed E-state index contributed by atoms with van der Waals surface area (Å²) in [5.74, 6) is -2.63. The van der Waals surface area contributed by atoms with E-state index in [1.807, 2.05) is 18.2 Å². The Morgan fingerprint density at radius 3 is 2.12 bits per heavy atom. The van der Waals surface area contributed by atoms with Crippen molar-refractivity contribution in [3.05, 3.63) is 101 Å². The van der Waals surface area contributed by atoms with Gasteiger partial charge in [-0.15, -0.1) is 0 Å². The molecule has 1 saturated heterocycles. The zero-order chi connectivity index (χ0) is 29.9. The van der Waals surface area contributed by atoms with Crippen LogP contribution in [0.4, 0.5) is 19.0 Å². The molecule has 1 aliphatic rings. The van der Waals surface area contributed by atoms with Crippen LogP contribution in [0, 0.1) is 11.3 Å². The third kappa shape index (κ3) is 6.23. The quantitative estimate of drug-likeness (QED) is 0.293. The lowest BCUT2D eigenvalue weighted by atomic mass is 10.00. The van der Waals surface area contributed by atoms with Gasteiger partial charge in [-0.05, 0) is 53.8 Å². The number of aromatic nitrogens is 2. The Hall–Kier alpha value is -5.24. The molecule has 2 heterocycles. The average Bonchev–Trinajstić information content (AvgIpc) is 2.96. The summed E-state index contributed by atoms with van der Waals surface area (Å²) >= 11 is 0. The highest BCUT2D eigenvalue weighted by atomic mass is 19.4. The highest BCUT2D eigenvalue weighted by Crippen LogP contribution is 2.34. The number of amides is 1. The molecular weight excluding hydrogens is 547 g/mol. The van der Waals surface area contributed by atoms with Gasteiger partial charge in [0.05, 0.1) is 22.9 Å². The van der Waals surface area contributed by atoms with Crippen molar-refractivity contribution in [1.29, 1.82) is 5.26 Å². The number of hydrogen-bond donors (Lipinski definition) is 2. The Balaban J connectivity index is 1.32. The molecule has 1 aromatic heterocycles. The number of carbonyl (C=O) groups excluding carboxylic acids is 1. The van der Waals surface area contributed by atoms with Crippen LogP contribution in [0.5, 0.6) is 0 Å². The fraction of sp³-hybridized carbons (Fsp3) is 0.194. The van der Waals surface area contributed by atoms with Gasteiger partial charge in [-0.25, -0.2) is 14.8 Å². The number of nitrogens with one attached hydrogen (secondary N) is 1. The van der Waals surface area contributed by atoms with Gasteiger partial charge in [0, 0.05) is 24.7 Å². The molecule has 8 nitrogen and oxygen atoms in total. The van der Waals surface area contributed by atoms with Gasteiger partial charge in [-0.3, -0.25) is 4.79 Å². The fourth-order valence-electron chi connectivity index (χ4n) is 4.62. The molecule has 1 amide bonds. The van der Waals surface area contributed by atoms with Gasteiger partial charge in [-0.2, -0.15) is 18.4 Å². The van der Waals surface area contributed by atoms with Gasteiger partial charge in [0.15, 0.2) is 0 Å². The Labute approximate surface area is 239 Å². The van der Waals surface area contributed by atoms with Crippen molar-refractivity contribution >= 4 is 17.7 Å². The lowest BCUT2D eigenvalue weighted by Gasteiger charge is -2.40. The molecule has 3 aromatic carbocycles. The largest absolute Gasteiger partial charge is 0.478 e. The van der Waals surface area contributed by atoms with Crippen LogP contribution >= 0.6 is 0 Å². The first-order valence-electron chi connectivity index (χ1n) is 13.1. The highest BCUT2D eigenvalue weighted by Gasteiger charge is 2.39. The molecule has 5 rings (SSSR count). The molecule has 1 fully saturated rings. The molecule has 0 spiro atoms. The van der Waals surface area contributed by atoms with E-state index in [4.69, 9.17) is 10.4 Å². The second-order valence-electron chi connectivity index (χ2n) is 9.74. The number of benzene rings is 3. The minimum Gasteiger partial charge on any atom is -0.478 e. The normalized spacial score (nSPS) is 14.5. The number of rotatable bonds is 8. The summed E-state index contributed by atoms with van der Waals surface area (Å²) in [6, 6.07) is 22.8. The standard InChI is InChI=1S/C31H24F3N5O3/c32-31(33,34)30-37-25(23-9-5-21(6-10-23)22-7-11-24(12-8-22)29(41)42)17-27(38-30)39-16-14-26(39)28(40)36-15-13-19-1-3-20(18-35)4-2-19/h1-12,17,26H,13-16H2,(H,36,40)(H,41,42)/t26-/m0/s1. The second kappa shape index (κ2) is 11.7. The predicted octanol–water partition coefficient (Wildman–Crippen LogP) is 5.34. The van der Waals surface area contributed by atoms with Gasteiger partial charge >= 0.3 is 12.1 Å². The molecule has 212 valence electrons. The predicted molar refractivity (Wildman–Crippen MR) is 148 cm³/mol. The van der Waals surface area contributed by atoms with Crippen molar-refractivity contribution in [3.63, 3.8) is 0 Å². The lowest BCUT2D eigenvalue weighted by molar-refractivity contribution is -0.144. The summed E-state index contributed by atoms with van der Waals surface area (Å²) < 4.78 is 41.3. The monoisotopic (exact) mass is 571 g/mol. The van der Waals surface area contributed by atoms with Crippen molar-refractivity contribution in [2.24, 2.45) is 0 Å². The zero-order valence-electron chi connectivity index (χ0n) is 22.1.